The summed E-state index contributed by atoms with van der Waals surface area (Å²) in [5.41, 5.74) is 1.55. The third kappa shape index (κ3) is 3.60. The molecular weight excluding hydrogens is 347 g/mol. The molecule has 1 atom stereocenters. The third-order valence-corrected chi connectivity index (χ3v) is 4.31. The Morgan fingerprint density at radius 1 is 1.16 bits per heavy atom. The van der Waals surface area contributed by atoms with Crippen molar-refractivity contribution in [3.8, 4) is 5.75 Å². The smallest absolute Gasteiger partial charge is 0.165 e. The summed E-state index contributed by atoms with van der Waals surface area (Å²) in [5.74, 6) is -1.97. The fraction of sp³-hybridized carbons (Fsp3) is 0.316. The minimum atomic E-state index is -0.847. The van der Waals surface area contributed by atoms with E-state index in [2.05, 4.69) is 17.2 Å². The van der Waals surface area contributed by atoms with E-state index in [0.717, 1.165) is 36.1 Å². The molecule has 2 nitrogen and oxygen atoms in total. The highest BCUT2D eigenvalue weighted by Crippen LogP contribution is 2.39. The third-order valence-electron chi connectivity index (χ3n) is 4.22. The van der Waals surface area contributed by atoms with Crippen molar-refractivity contribution < 1.29 is 17.9 Å². The zero-order chi connectivity index (χ0) is 18.0. The van der Waals surface area contributed by atoms with Crippen LogP contribution in [-0.2, 0) is 12.8 Å². The number of benzene rings is 2. The second-order valence-corrected chi connectivity index (χ2v) is 6.18. The summed E-state index contributed by atoms with van der Waals surface area (Å²) in [6.07, 6.45) is 2.20. The lowest BCUT2D eigenvalue weighted by Crippen LogP contribution is -2.17. The van der Waals surface area contributed by atoms with E-state index < -0.39 is 29.2 Å². The van der Waals surface area contributed by atoms with E-state index in [9.17, 15) is 13.2 Å². The Morgan fingerprint density at radius 2 is 1.88 bits per heavy atom. The predicted molar refractivity (Wildman–Crippen MR) is 93.1 cm³/mol. The first kappa shape index (κ1) is 17.6. The van der Waals surface area contributed by atoms with E-state index in [1.165, 1.54) is 6.07 Å². The van der Waals surface area contributed by atoms with Crippen molar-refractivity contribution in [2.24, 2.45) is 4.99 Å². The van der Waals surface area contributed by atoms with E-state index in [0.29, 0.717) is 18.4 Å². The molecule has 0 amide bonds. The number of nitrogens with zero attached hydrogens (tertiary/aromatic N) is 1. The first-order chi connectivity index (χ1) is 12.0. The molecule has 0 saturated carbocycles. The maximum Gasteiger partial charge on any atom is 0.165 e. The molecule has 0 aromatic heterocycles. The monoisotopic (exact) mass is 363 g/mol. The number of aliphatic imine (C=N–C) groups is 1. The van der Waals surface area contributed by atoms with Gasteiger partial charge in [-0.2, -0.15) is 4.99 Å². The maximum absolute atomic E-state index is 14.4. The highest BCUT2D eigenvalue weighted by atomic mass is 32.1. The van der Waals surface area contributed by atoms with Crippen LogP contribution in [0.3, 0.4) is 0 Å². The van der Waals surface area contributed by atoms with E-state index in [-0.39, 0.29) is 5.75 Å². The Hall–Kier alpha value is -2.17. The molecule has 2 aromatic carbocycles. The van der Waals surface area contributed by atoms with Crippen LogP contribution in [0.4, 0.5) is 18.9 Å². The van der Waals surface area contributed by atoms with Crippen LogP contribution in [0.2, 0.25) is 0 Å². The van der Waals surface area contributed by atoms with Crippen LogP contribution in [0.15, 0.2) is 29.3 Å². The average Bonchev–Trinajstić information content (AvgIpc) is 2.58. The van der Waals surface area contributed by atoms with Crippen LogP contribution in [0.5, 0.6) is 5.75 Å². The summed E-state index contributed by atoms with van der Waals surface area (Å²) in [4.78, 5) is 3.38. The summed E-state index contributed by atoms with van der Waals surface area (Å²) < 4.78 is 48.1. The van der Waals surface area contributed by atoms with E-state index in [1.54, 1.807) is 0 Å². The van der Waals surface area contributed by atoms with Gasteiger partial charge in [-0.15, -0.1) is 0 Å². The number of fused-ring (bicyclic) bond motifs is 1. The molecular formula is C19H16F3NOS. The van der Waals surface area contributed by atoms with Gasteiger partial charge in [-0.1, -0.05) is 19.4 Å². The Bertz CT molecular complexity index is 839. The molecule has 6 heteroatoms. The Balaban J connectivity index is 1.92. The molecule has 3 rings (SSSR count). The number of halogens is 3. The zero-order valence-corrected chi connectivity index (χ0v) is 14.4. The van der Waals surface area contributed by atoms with Crippen LogP contribution in [0.1, 0.15) is 42.6 Å². The Morgan fingerprint density at radius 3 is 2.52 bits per heavy atom. The molecule has 130 valence electrons. The van der Waals surface area contributed by atoms with Crippen LogP contribution in [-0.4, -0.2) is 5.16 Å². The van der Waals surface area contributed by atoms with Gasteiger partial charge in [-0.05, 0) is 66.4 Å². The topological polar surface area (TPSA) is 21.6 Å². The number of aryl methyl sites for hydroxylation is 2. The van der Waals surface area contributed by atoms with Gasteiger partial charge in [0.2, 0.25) is 0 Å². The molecule has 1 unspecified atom stereocenters. The lowest BCUT2D eigenvalue weighted by atomic mass is 9.95. The van der Waals surface area contributed by atoms with E-state index in [4.69, 9.17) is 4.74 Å². The minimum absolute atomic E-state index is 0.165. The highest BCUT2D eigenvalue weighted by molar-refractivity contribution is 7.78. The summed E-state index contributed by atoms with van der Waals surface area (Å²) in [6, 6.07) is 5.70. The quantitative estimate of drug-likeness (QED) is 0.501. The summed E-state index contributed by atoms with van der Waals surface area (Å²) >= 11 is 4.38. The Labute approximate surface area is 149 Å². The largest absolute Gasteiger partial charge is 0.482 e. The predicted octanol–water partition coefficient (Wildman–Crippen LogP) is 5.86. The summed E-state index contributed by atoms with van der Waals surface area (Å²) in [5, 5.41) is 1.95. The van der Waals surface area contributed by atoms with Crippen LogP contribution in [0, 0.1) is 17.5 Å². The molecule has 0 radical (unpaired) electrons. The van der Waals surface area contributed by atoms with Gasteiger partial charge >= 0.3 is 0 Å². The molecule has 0 fully saturated rings. The van der Waals surface area contributed by atoms with Crippen LogP contribution < -0.4 is 4.74 Å². The van der Waals surface area contributed by atoms with E-state index in [1.807, 2.05) is 18.2 Å². The second kappa shape index (κ2) is 7.38. The number of rotatable bonds is 4. The van der Waals surface area contributed by atoms with Crippen molar-refractivity contribution in [1.29, 1.82) is 0 Å². The molecule has 0 N–H and O–H groups in total. The molecule has 0 bridgehead atoms. The minimum Gasteiger partial charge on any atom is -0.482 e. The van der Waals surface area contributed by atoms with Gasteiger partial charge < -0.3 is 4.74 Å². The van der Waals surface area contributed by atoms with Crippen molar-refractivity contribution in [3.63, 3.8) is 0 Å². The second-order valence-electron chi connectivity index (χ2n) is 6.00. The average molecular weight is 363 g/mol. The number of thiocarbonyl (C=S) groups is 1. The molecule has 0 spiro atoms. The molecule has 1 heterocycles. The van der Waals surface area contributed by atoms with Crippen molar-refractivity contribution >= 4 is 23.1 Å². The molecule has 2 aromatic rings. The van der Waals surface area contributed by atoms with E-state index >= 15 is 0 Å². The standard InChI is InChI=1S/C19H16F3NOS/c1-2-3-11-6-12-4-5-17(24-19(12)16(22)7-11)13-8-14(20)18(23-10-25)15(21)9-13/h6-9,17H,2-5H2,1H3. The number of hydrogen-bond acceptors (Lipinski definition) is 3. The lowest BCUT2D eigenvalue weighted by Gasteiger charge is -2.27. The van der Waals surface area contributed by atoms with Crippen molar-refractivity contribution in [1.82, 2.24) is 0 Å². The fourth-order valence-corrected chi connectivity index (χ4v) is 3.20. The van der Waals surface area contributed by atoms with Gasteiger partial charge in [0, 0.05) is 0 Å². The maximum atomic E-state index is 14.4. The highest BCUT2D eigenvalue weighted by Gasteiger charge is 2.26. The summed E-state index contributed by atoms with van der Waals surface area (Å²) in [7, 11) is 0. The molecule has 25 heavy (non-hydrogen) atoms. The molecule has 1 aliphatic rings. The molecule has 0 saturated heterocycles. The summed E-state index contributed by atoms with van der Waals surface area (Å²) in [6.45, 7) is 2.03. The lowest BCUT2D eigenvalue weighted by molar-refractivity contribution is 0.167. The number of isothiocyanates is 1. The Kier molecular flexibility index (Phi) is 5.21. The van der Waals surface area contributed by atoms with Crippen LogP contribution in [0.25, 0.3) is 0 Å². The van der Waals surface area contributed by atoms with Gasteiger partial charge in [0.25, 0.3) is 0 Å². The fourth-order valence-electron chi connectivity index (χ4n) is 3.11. The number of hydrogen-bond donors (Lipinski definition) is 0. The normalized spacial score (nSPS) is 15.9. The van der Waals surface area contributed by atoms with Gasteiger partial charge in [0.1, 0.15) is 11.8 Å². The number of ether oxygens (including phenoxy) is 1. The SMILES string of the molecule is CCCc1cc(F)c2c(c1)CCC(c1cc(F)c(N=C=S)c(F)c1)O2. The van der Waals surface area contributed by atoms with Gasteiger partial charge in [-0.3, -0.25) is 0 Å². The molecule has 1 aliphatic heterocycles. The van der Waals surface area contributed by atoms with Gasteiger partial charge in [0.15, 0.2) is 23.2 Å². The van der Waals surface area contributed by atoms with Gasteiger partial charge in [0.05, 0.1) is 5.16 Å². The first-order valence-corrected chi connectivity index (χ1v) is 8.49. The van der Waals surface area contributed by atoms with Crippen molar-refractivity contribution in [2.45, 2.75) is 38.7 Å². The first-order valence-electron chi connectivity index (χ1n) is 8.08. The van der Waals surface area contributed by atoms with Crippen molar-refractivity contribution in [2.75, 3.05) is 0 Å². The van der Waals surface area contributed by atoms with Crippen LogP contribution >= 0.6 is 12.2 Å². The van der Waals surface area contributed by atoms with Crippen molar-refractivity contribution in [3.05, 3.63) is 58.4 Å². The molecule has 0 aliphatic carbocycles. The zero-order valence-electron chi connectivity index (χ0n) is 13.6. The van der Waals surface area contributed by atoms with Gasteiger partial charge in [-0.25, -0.2) is 13.2 Å².